The van der Waals surface area contributed by atoms with E-state index in [0.29, 0.717) is 5.76 Å². The highest BCUT2D eigenvalue weighted by Gasteiger charge is 2.11. The summed E-state index contributed by atoms with van der Waals surface area (Å²) < 4.78 is 4.60. The number of carbonyl (C=O) groups is 2. The number of nitrogens with zero attached hydrogens (tertiary/aromatic N) is 1. The number of aryl methyl sites for hydroxylation is 1. The maximum Gasteiger partial charge on any atom is 0.319 e. The molecule has 3 N–H and O–H groups in total. The van der Waals surface area contributed by atoms with Crippen molar-refractivity contribution in [2.24, 2.45) is 5.73 Å². The van der Waals surface area contributed by atoms with Gasteiger partial charge in [0.2, 0.25) is 0 Å². The molecule has 0 radical (unpaired) electrons. The summed E-state index contributed by atoms with van der Waals surface area (Å²) in [6, 6.07) is 0.485. The van der Waals surface area contributed by atoms with E-state index in [-0.39, 0.29) is 5.69 Å². The third-order valence-corrected chi connectivity index (χ3v) is 1.10. The molecule has 0 atom stereocenters. The molecule has 0 aliphatic heterocycles. The molecule has 0 fully saturated rings. The van der Waals surface area contributed by atoms with Crippen LogP contribution in [0, 0.1) is 6.92 Å². The topological polar surface area (TPSA) is 98.2 Å². The zero-order chi connectivity index (χ0) is 9.14. The molecule has 0 unspecified atom stereocenters. The summed E-state index contributed by atoms with van der Waals surface area (Å²) >= 11 is 0. The molecule has 1 rings (SSSR count). The van der Waals surface area contributed by atoms with Crippen LogP contribution in [0.5, 0.6) is 0 Å². The normalized spacial score (nSPS) is 9.42. The van der Waals surface area contributed by atoms with Gasteiger partial charge in [-0.3, -0.25) is 10.1 Å². The van der Waals surface area contributed by atoms with Crippen molar-refractivity contribution in [3.63, 3.8) is 0 Å². The lowest BCUT2D eigenvalue weighted by Crippen LogP contribution is -2.35. The van der Waals surface area contributed by atoms with E-state index < -0.39 is 11.9 Å². The van der Waals surface area contributed by atoms with Crippen molar-refractivity contribution in [1.29, 1.82) is 0 Å². The van der Waals surface area contributed by atoms with Crippen molar-refractivity contribution in [3.05, 3.63) is 17.5 Å². The maximum atomic E-state index is 10.9. The van der Waals surface area contributed by atoms with Gasteiger partial charge in [0, 0.05) is 6.07 Å². The minimum absolute atomic E-state index is 0.0336. The number of urea groups is 1. The summed E-state index contributed by atoms with van der Waals surface area (Å²) in [6.45, 7) is 1.63. The summed E-state index contributed by atoms with van der Waals surface area (Å²) in [4.78, 5) is 21.2. The van der Waals surface area contributed by atoms with E-state index in [9.17, 15) is 9.59 Å². The minimum atomic E-state index is -0.916. The lowest BCUT2D eigenvalue weighted by molar-refractivity contribution is 0.0957. The van der Waals surface area contributed by atoms with Crippen LogP contribution in [-0.2, 0) is 0 Å². The van der Waals surface area contributed by atoms with Crippen LogP contribution < -0.4 is 11.1 Å². The summed E-state index contributed by atoms with van der Waals surface area (Å²) in [7, 11) is 0. The van der Waals surface area contributed by atoms with E-state index in [4.69, 9.17) is 5.73 Å². The van der Waals surface area contributed by atoms with Gasteiger partial charge in [0.05, 0.1) is 0 Å². The number of imide groups is 1. The number of rotatable bonds is 1. The quantitative estimate of drug-likeness (QED) is 0.607. The van der Waals surface area contributed by atoms with Gasteiger partial charge in [0.15, 0.2) is 5.69 Å². The molecule has 0 saturated heterocycles. The number of carbonyl (C=O) groups excluding carboxylic acids is 2. The molecule has 64 valence electrons. The van der Waals surface area contributed by atoms with Crippen molar-refractivity contribution in [3.8, 4) is 0 Å². The van der Waals surface area contributed by atoms with Gasteiger partial charge in [-0.1, -0.05) is 5.16 Å². The molecule has 0 spiro atoms. The molecule has 0 aliphatic rings. The Bertz CT molecular complexity index is 318. The van der Waals surface area contributed by atoms with E-state index in [2.05, 4.69) is 9.68 Å². The van der Waals surface area contributed by atoms with Gasteiger partial charge in [-0.2, -0.15) is 0 Å². The van der Waals surface area contributed by atoms with Crippen molar-refractivity contribution in [2.75, 3.05) is 0 Å². The standard InChI is InChI=1S/C6H7N3O3/c1-3-2-4(9-12-3)5(10)8-6(7)11/h2H,1H3,(H3,7,8,10,11). The third kappa shape index (κ3) is 1.82. The highest BCUT2D eigenvalue weighted by molar-refractivity contribution is 6.02. The number of hydrogen-bond acceptors (Lipinski definition) is 4. The number of aromatic nitrogens is 1. The monoisotopic (exact) mass is 169 g/mol. The average Bonchev–Trinajstić information content (AvgIpc) is 2.34. The lowest BCUT2D eigenvalue weighted by Gasteiger charge is -1.93. The number of hydrogen-bond donors (Lipinski definition) is 2. The Morgan fingerprint density at radius 1 is 1.67 bits per heavy atom. The second-order valence-electron chi connectivity index (χ2n) is 2.14. The van der Waals surface area contributed by atoms with E-state index >= 15 is 0 Å². The highest BCUT2D eigenvalue weighted by Crippen LogP contribution is 2.00. The van der Waals surface area contributed by atoms with Crippen LogP contribution in [0.4, 0.5) is 4.79 Å². The Morgan fingerprint density at radius 2 is 2.33 bits per heavy atom. The Labute approximate surface area is 67.7 Å². The highest BCUT2D eigenvalue weighted by atomic mass is 16.5. The zero-order valence-corrected chi connectivity index (χ0v) is 6.33. The van der Waals surface area contributed by atoms with Crippen LogP contribution in [0.15, 0.2) is 10.6 Å². The second kappa shape index (κ2) is 3.04. The summed E-state index contributed by atoms with van der Waals surface area (Å²) in [5.41, 5.74) is 4.74. The van der Waals surface area contributed by atoms with Crippen molar-refractivity contribution in [2.45, 2.75) is 6.92 Å². The molecule has 0 aromatic carbocycles. The van der Waals surface area contributed by atoms with E-state index in [1.54, 1.807) is 6.92 Å². The SMILES string of the molecule is Cc1cc(C(=O)NC(N)=O)no1. The Kier molecular flexibility index (Phi) is 2.09. The average molecular weight is 169 g/mol. The molecule has 6 nitrogen and oxygen atoms in total. The van der Waals surface area contributed by atoms with E-state index in [0.717, 1.165) is 0 Å². The van der Waals surface area contributed by atoms with Crippen LogP contribution in [0.25, 0.3) is 0 Å². The smallest absolute Gasteiger partial charge is 0.319 e. The molecule has 1 heterocycles. The fourth-order valence-electron chi connectivity index (χ4n) is 0.649. The fraction of sp³-hybridized carbons (Fsp3) is 0.167. The molecule has 0 aliphatic carbocycles. The van der Waals surface area contributed by atoms with Gasteiger partial charge in [0.1, 0.15) is 5.76 Å². The first-order valence-corrected chi connectivity index (χ1v) is 3.13. The molecule has 1 aromatic rings. The molecule has 3 amide bonds. The first-order valence-electron chi connectivity index (χ1n) is 3.13. The Morgan fingerprint density at radius 3 is 2.75 bits per heavy atom. The fourth-order valence-corrected chi connectivity index (χ4v) is 0.649. The lowest BCUT2D eigenvalue weighted by atomic mass is 10.3. The van der Waals surface area contributed by atoms with Crippen molar-refractivity contribution >= 4 is 11.9 Å². The van der Waals surface area contributed by atoms with Gasteiger partial charge in [-0.25, -0.2) is 4.79 Å². The van der Waals surface area contributed by atoms with Gasteiger partial charge in [0.25, 0.3) is 5.91 Å². The molecule has 12 heavy (non-hydrogen) atoms. The molecule has 0 saturated carbocycles. The van der Waals surface area contributed by atoms with Gasteiger partial charge in [-0.15, -0.1) is 0 Å². The molecular formula is C6H7N3O3. The Balaban J connectivity index is 2.72. The largest absolute Gasteiger partial charge is 0.361 e. The van der Waals surface area contributed by atoms with E-state index in [1.165, 1.54) is 6.07 Å². The number of amides is 3. The Hall–Kier alpha value is -1.85. The second-order valence-corrected chi connectivity index (χ2v) is 2.14. The number of nitrogens with one attached hydrogen (secondary N) is 1. The van der Waals surface area contributed by atoms with Gasteiger partial charge < -0.3 is 10.3 Å². The first-order chi connectivity index (χ1) is 5.59. The number of nitrogens with two attached hydrogens (primary N) is 1. The van der Waals surface area contributed by atoms with Crippen LogP contribution in [0.2, 0.25) is 0 Å². The van der Waals surface area contributed by atoms with Gasteiger partial charge in [-0.05, 0) is 6.92 Å². The third-order valence-electron chi connectivity index (χ3n) is 1.10. The van der Waals surface area contributed by atoms with Crippen LogP contribution in [0.3, 0.4) is 0 Å². The van der Waals surface area contributed by atoms with E-state index in [1.807, 2.05) is 5.32 Å². The first kappa shape index (κ1) is 8.25. The molecular weight excluding hydrogens is 162 g/mol. The predicted octanol–water partition coefficient (Wildman–Crippen LogP) is -0.208. The zero-order valence-electron chi connectivity index (χ0n) is 6.33. The predicted molar refractivity (Wildman–Crippen MR) is 38.3 cm³/mol. The van der Waals surface area contributed by atoms with Crippen LogP contribution >= 0.6 is 0 Å². The summed E-state index contributed by atoms with van der Waals surface area (Å²) in [5, 5.41) is 5.22. The summed E-state index contributed by atoms with van der Waals surface area (Å²) in [5.74, 6) is -0.177. The van der Waals surface area contributed by atoms with Crippen molar-refractivity contribution in [1.82, 2.24) is 10.5 Å². The molecule has 1 aromatic heterocycles. The molecule has 0 bridgehead atoms. The number of primary amides is 1. The van der Waals surface area contributed by atoms with Crippen LogP contribution in [0.1, 0.15) is 16.2 Å². The minimum Gasteiger partial charge on any atom is -0.361 e. The van der Waals surface area contributed by atoms with Gasteiger partial charge >= 0.3 is 6.03 Å². The molecule has 6 heteroatoms. The summed E-state index contributed by atoms with van der Waals surface area (Å²) in [6.07, 6.45) is 0. The van der Waals surface area contributed by atoms with Crippen LogP contribution in [-0.4, -0.2) is 17.1 Å². The van der Waals surface area contributed by atoms with Crippen molar-refractivity contribution < 1.29 is 14.1 Å². The maximum absolute atomic E-state index is 10.9.